The minimum atomic E-state index is 0.868. The highest BCUT2D eigenvalue weighted by atomic mass is 15.1. The second-order valence-corrected chi connectivity index (χ2v) is 4.69. The van der Waals surface area contributed by atoms with Gasteiger partial charge in [0.05, 0.1) is 11.9 Å². The maximum atomic E-state index is 4.41. The van der Waals surface area contributed by atoms with E-state index in [2.05, 4.69) is 39.8 Å². The average Bonchev–Trinajstić information content (AvgIpc) is 2.88. The van der Waals surface area contributed by atoms with Crippen molar-refractivity contribution < 1.29 is 0 Å². The first-order valence-corrected chi connectivity index (χ1v) is 7.02. The van der Waals surface area contributed by atoms with E-state index >= 15 is 0 Å². The predicted octanol–water partition coefficient (Wildman–Crippen LogP) is 2.72. The van der Waals surface area contributed by atoms with Crippen LogP contribution in [0.3, 0.4) is 0 Å². The van der Waals surface area contributed by atoms with Crippen LogP contribution in [0.15, 0.2) is 30.9 Å². The number of aromatic nitrogens is 3. The summed E-state index contributed by atoms with van der Waals surface area (Å²) in [7, 11) is 0. The molecule has 0 aliphatic rings. The maximum Gasteiger partial charge on any atom is 0.113 e. The molecule has 2 aromatic rings. The van der Waals surface area contributed by atoms with Crippen LogP contribution >= 0.6 is 0 Å². The summed E-state index contributed by atoms with van der Waals surface area (Å²) in [6.07, 6.45) is 10.9. The van der Waals surface area contributed by atoms with Crippen LogP contribution in [0.25, 0.3) is 5.69 Å². The van der Waals surface area contributed by atoms with Gasteiger partial charge in [0, 0.05) is 31.6 Å². The highest BCUT2D eigenvalue weighted by molar-refractivity contribution is 5.33. The van der Waals surface area contributed by atoms with Gasteiger partial charge in [0.1, 0.15) is 5.82 Å². The van der Waals surface area contributed by atoms with Gasteiger partial charge in [0.2, 0.25) is 0 Å². The number of nitrogens with one attached hydrogen (secondary N) is 1. The molecule has 0 spiro atoms. The van der Waals surface area contributed by atoms with Crippen molar-refractivity contribution in [3.05, 3.63) is 42.2 Å². The lowest BCUT2D eigenvalue weighted by molar-refractivity contribution is 0.673. The predicted molar refractivity (Wildman–Crippen MR) is 77.4 cm³/mol. The van der Waals surface area contributed by atoms with Crippen molar-refractivity contribution in [2.75, 3.05) is 6.54 Å². The molecule has 0 radical (unpaired) electrons. The minimum absolute atomic E-state index is 0.868. The van der Waals surface area contributed by atoms with Gasteiger partial charge in [0.15, 0.2) is 0 Å². The van der Waals surface area contributed by atoms with Crippen LogP contribution in [-0.2, 0) is 13.0 Å². The van der Waals surface area contributed by atoms with E-state index in [9.17, 15) is 0 Å². The number of hydrogen-bond donors (Lipinski definition) is 1. The summed E-state index contributed by atoms with van der Waals surface area (Å²) in [5, 5.41) is 3.40. The van der Waals surface area contributed by atoms with Gasteiger partial charge in [0.25, 0.3) is 0 Å². The molecule has 2 aromatic heterocycles. The van der Waals surface area contributed by atoms with E-state index in [1.807, 2.05) is 24.8 Å². The number of imidazole rings is 1. The SMILES string of the molecule is CCCNCc1cncc(-n2ccnc2CCC)c1. The van der Waals surface area contributed by atoms with Gasteiger partial charge in [-0.2, -0.15) is 0 Å². The standard InChI is InChI=1S/C15H22N4/c1-3-5-15-18-7-8-19(15)14-9-13(11-17-12-14)10-16-6-4-2/h7-9,11-12,16H,3-6,10H2,1-2H3. The first-order chi connectivity index (χ1) is 9.35. The van der Waals surface area contributed by atoms with Crippen LogP contribution in [-0.4, -0.2) is 21.1 Å². The number of aryl methyl sites for hydroxylation is 1. The number of nitrogens with zero attached hydrogens (tertiary/aromatic N) is 3. The van der Waals surface area contributed by atoms with Gasteiger partial charge in [-0.15, -0.1) is 0 Å². The fourth-order valence-corrected chi connectivity index (χ4v) is 2.09. The first kappa shape index (κ1) is 13.7. The number of rotatable bonds is 7. The fraction of sp³-hybridized carbons (Fsp3) is 0.467. The van der Waals surface area contributed by atoms with Crippen LogP contribution < -0.4 is 5.32 Å². The van der Waals surface area contributed by atoms with Crippen molar-refractivity contribution in [3.63, 3.8) is 0 Å². The van der Waals surface area contributed by atoms with Gasteiger partial charge in [-0.3, -0.25) is 4.98 Å². The molecule has 4 nitrogen and oxygen atoms in total. The summed E-state index contributed by atoms with van der Waals surface area (Å²) in [4.78, 5) is 8.74. The quantitative estimate of drug-likeness (QED) is 0.776. The lowest BCUT2D eigenvalue weighted by Gasteiger charge is -2.09. The monoisotopic (exact) mass is 258 g/mol. The van der Waals surface area contributed by atoms with Crippen LogP contribution in [0.2, 0.25) is 0 Å². The highest BCUT2D eigenvalue weighted by Gasteiger charge is 2.05. The molecule has 0 aliphatic carbocycles. The topological polar surface area (TPSA) is 42.7 Å². The molecule has 0 saturated carbocycles. The zero-order chi connectivity index (χ0) is 13.5. The molecule has 0 aromatic carbocycles. The molecular weight excluding hydrogens is 236 g/mol. The van der Waals surface area contributed by atoms with Gasteiger partial charge in [-0.25, -0.2) is 4.98 Å². The molecule has 0 atom stereocenters. The minimum Gasteiger partial charge on any atom is -0.313 e. The molecule has 102 valence electrons. The van der Waals surface area contributed by atoms with Crippen molar-refractivity contribution in [2.24, 2.45) is 0 Å². The van der Waals surface area contributed by atoms with Gasteiger partial charge in [-0.05, 0) is 31.0 Å². The van der Waals surface area contributed by atoms with Crippen LogP contribution in [0.4, 0.5) is 0 Å². The van der Waals surface area contributed by atoms with E-state index < -0.39 is 0 Å². The Labute approximate surface area is 114 Å². The van der Waals surface area contributed by atoms with Crippen molar-refractivity contribution >= 4 is 0 Å². The smallest absolute Gasteiger partial charge is 0.113 e. The van der Waals surface area contributed by atoms with E-state index in [1.165, 1.54) is 5.56 Å². The van der Waals surface area contributed by atoms with E-state index in [1.54, 1.807) is 0 Å². The zero-order valence-corrected chi connectivity index (χ0v) is 11.8. The van der Waals surface area contributed by atoms with Gasteiger partial charge < -0.3 is 9.88 Å². The third-order valence-electron chi connectivity index (χ3n) is 3.01. The van der Waals surface area contributed by atoms with Crippen molar-refractivity contribution in [1.82, 2.24) is 19.9 Å². The van der Waals surface area contributed by atoms with E-state index in [0.717, 1.165) is 43.9 Å². The zero-order valence-electron chi connectivity index (χ0n) is 11.8. The molecule has 0 amide bonds. The first-order valence-electron chi connectivity index (χ1n) is 7.02. The Hall–Kier alpha value is -1.68. The van der Waals surface area contributed by atoms with Gasteiger partial charge >= 0.3 is 0 Å². The third-order valence-corrected chi connectivity index (χ3v) is 3.01. The van der Waals surface area contributed by atoms with Crippen LogP contribution in [0.5, 0.6) is 0 Å². The Bertz CT molecular complexity index is 504. The molecule has 0 saturated heterocycles. The van der Waals surface area contributed by atoms with E-state index in [-0.39, 0.29) is 0 Å². The van der Waals surface area contributed by atoms with Gasteiger partial charge in [-0.1, -0.05) is 13.8 Å². The Balaban J connectivity index is 2.15. The molecule has 2 rings (SSSR count). The maximum absolute atomic E-state index is 4.41. The molecule has 2 heterocycles. The summed E-state index contributed by atoms with van der Waals surface area (Å²) in [6.45, 7) is 6.25. The summed E-state index contributed by atoms with van der Waals surface area (Å²) >= 11 is 0. The molecule has 0 aliphatic heterocycles. The Morgan fingerprint density at radius 3 is 2.89 bits per heavy atom. The molecule has 1 N–H and O–H groups in total. The second-order valence-electron chi connectivity index (χ2n) is 4.69. The van der Waals surface area contributed by atoms with Crippen molar-refractivity contribution in [2.45, 2.75) is 39.7 Å². The Morgan fingerprint density at radius 1 is 1.21 bits per heavy atom. The normalized spacial score (nSPS) is 10.8. The number of hydrogen-bond acceptors (Lipinski definition) is 3. The summed E-state index contributed by atoms with van der Waals surface area (Å²) in [5.41, 5.74) is 2.30. The van der Waals surface area contributed by atoms with Crippen molar-refractivity contribution in [1.29, 1.82) is 0 Å². The van der Waals surface area contributed by atoms with E-state index in [0.29, 0.717) is 0 Å². The largest absolute Gasteiger partial charge is 0.313 e. The van der Waals surface area contributed by atoms with Crippen LogP contribution in [0.1, 0.15) is 38.1 Å². The Kier molecular flexibility index (Phi) is 5.10. The summed E-state index contributed by atoms with van der Waals surface area (Å²) in [5.74, 6) is 1.10. The van der Waals surface area contributed by atoms with E-state index in [4.69, 9.17) is 0 Å². The molecule has 0 unspecified atom stereocenters. The summed E-state index contributed by atoms with van der Waals surface area (Å²) < 4.78 is 2.12. The highest BCUT2D eigenvalue weighted by Crippen LogP contribution is 2.12. The summed E-state index contributed by atoms with van der Waals surface area (Å²) in [6, 6.07) is 2.18. The molecule has 0 fully saturated rings. The lowest BCUT2D eigenvalue weighted by atomic mass is 10.2. The molecule has 0 bridgehead atoms. The third kappa shape index (κ3) is 3.64. The average molecular weight is 258 g/mol. The van der Waals surface area contributed by atoms with Crippen LogP contribution in [0, 0.1) is 0 Å². The van der Waals surface area contributed by atoms with Crippen molar-refractivity contribution in [3.8, 4) is 5.69 Å². The lowest BCUT2D eigenvalue weighted by Crippen LogP contribution is -2.14. The molecular formula is C15H22N4. The molecule has 4 heteroatoms. The molecule has 19 heavy (non-hydrogen) atoms. The Morgan fingerprint density at radius 2 is 2.11 bits per heavy atom. The fourth-order valence-electron chi connectivity index (χ4n) is 2.09. The number of pyridine rings is 1. The second kappa shape index (κ2) is 7.04.